The van der Waals surface area contributed by atoms with Gasteiger partial charge >= 0.3 is 0 Å². The van der Waals surface area contributed by atoms with Gasteiger partial charge in [-0.1, -0.05) is 24.3 Å². The SMILES string of the molecule is CC(C)(c1ccc(C2CNCCO2)cc1)S(C)(=O)=O. The van der Waals surface area contributed by atoms with E-state index in [4.69, 9.17) is 4.74 Å². The molecule has 1 atom stereocenters. The molecule has 1 unspecified atom stereocenters. The predicted octanol–water partition coefficient (Wildman–Crippen LogP) is 1.63. The van der Waals surface area contributed by atoms with Gasteiger partial charge in [0.05, 0.1) is 17.5 Å². The molecule has 0 aliphatic carbocycles. The van der Waals surface area contributed by atoms with E-state index >= 15 is 0 Å². The molecule has 1 aromatic carbocycles. The van der Waals surface area contributed by atoms with Gasteiger partial charge in [0.2, 0.25) is 0 Å². The van der Waals surface area contributed by atoms with Crippen molar-refractivity contribution >= 4 is 9.84 Å². The number of sulfone groups is 1. The van der Waals surface area contributed by atoms with Gasteiger partial charge in [0.1, 0.15) is 0 Å². The molecule has 0 radical (unpaired) electrons. The molecule has 1 saturated heterocycles. The Hall–Kier alpha value is -0.910. The van der Waals surface area contributed by atoms with Crippen LogP contribution in [0.4, 0.5) is 0 Å². The quantitative estimate of drug-likeness (QED) is 0.916. The first kappa shape index (κ1) is 14.5. The molecule has 1 aliphatic rings. The first-order chi connectivity index (χ1) is 8.82. The van der Waals surface area contributed by atoms with Crippen molar-refractivity contribution < 1.29 is 13.2 Å². The minimum Gasteiger partial charge on any atom is -0.371 e. The van der Waals surface area contributed by atoms with Gasteiger partial charge in [0.25, 0.3) is 0 Å². The molecule has 0 aromatic heterocycles. The second-order valence-corrected chi connectivity index (χ2v) is 8.03. The van der Waals surface area contributed by atoms with E-state index in [-0.39, 0.29) is 6.10 Å². The van der Waals surface area contributed by atoms with Gasteiger partial charge in [0.15, 0.2) is 9.84 Å². The molecule has 1 N–H and O–H groups in total. The fraction of sp³-hybridized carbons (Fsp3) is 0.571. The second kappa shape index (κ2) is 5.23. The molecule has 106 valence electrons. The molecule has 0 spiro atoms. The lowest BCUT2D eigenvalue weighted by molar-refractivity contribution is 0.0277. The Bertz CT molecular complexity index is 528. The number of morpholine rings is 1. The van der Waals surface area contributed by atoms with Gasteiger partial charge in [-0.3, -0.25) is 0 Å². The summed E-state index contributed by atoms with van der Waals surface area (Å²) in [6.07, 6.45) is 1.33. The Morgan fingerprint density at radius 3 is 2.37 bits per heavy atom. The summed E-state index contributed by atoms with van der Waals surface area (Å²) >= 11 is 0. The molecule has 1 aromatic rings. The van der Waals surface area contributed by atoms with Crippen LogP contribution in [0.3, 0.4) is 0 Å². The summed E-state index contributed by atoms with van der Waals surface area (Å²) in [5, 5.41) is 3.28. The van der Waals surface area contributed by atoms with Crippen molar-refractivity contribution in [2.45, 2.75) is 24.7 Å². The largest absolute Gasteiger partial charge is 0.371 e. The molecule has 1 fully saturated rings. The molecule has 19 heavy (non-hydrogen) atoms. The molecule has 1 heterocycles. The zero-order valence-corrected chi connectivity index (χ0v) is 12.5. The minimum absolute atomic E-state index is 0.0594. The highest BCUT2D eigenvalue weighted by Crippen LogP contribution is 2.30. The van der Waals surface area contributed by atoms with E-state index in [1.165, 1.54) is 6.26 Å². The van der Waals surface area contributed by atoms with E-state index in [0.717, 1.165) is 24.2 Å². The summed E-state index contributed by atoms with van der Waals surface area (Å²) in [7, 11) is -3.14. The van der Waals surface area contributed by atoms with E-state index in [9.17, 15) is 8.42 Å². The topological polar surface area (TPSA) is 55.4 Å². The predicted molar refractivity (Wildman–Crippen MR) is 75.9 cm³/mol. The third kappa shape index (κ3) is 2.99. The zero-order valence-electron chi connectivity index (χ0n) is 11.6. The highest BCUT2D eigenvalue weighted by molar-refractivity contribution is 7.91. The molecule has 1 aliphatic heterocycles. The fourth-order valence-corrected chi connectivity index (χ4v) is 2.66. The molecule has 0 amide bonds. The van der Waals surface area contributed by atoms with Crippen LogP contribution in [0.5, 0.6) is 0 Å². The Morgan fingerprint density at radius 1 is 1.26 bits per heavy atom. The van der Waals surface area contributed by atoms with Crippen LogP contribution in [0.1, 0.15) is 31.1 Å². The van der Waals surface area contributed by atoms with Crippen molar-refractivity contribution in [3.05, 3.63) is 35.4 Å². The van der Waals surface area contributed by atoms with E-state index in [1.807, 2.05) is 24.3 Å². The second-order valence-electron chi connectivity index (χ2n) is 5.47. The standard InChI is InChI=1S/C14H21NO3S/c1-14(2,19(3,16)17)12-6-4-11(5-7-12)13-10-15-8-9-18-13/h4-7,13,15H,8-10H2,1-3H3. The van der Waals surface area contributed by atoms with Crippen LogP contribution < -0.4 is 5.32 Å². The van der Waals surface area contributed by atoms with Crippen molar-refractivity contribution in [2.24, 2.45) is 0 Å². The highest BCUT2D eigenvalue weighted by atomic mass is 32.2. The number of hydrogen-bond acceptors (Lipinski definition) is 4. The Kier molecular flexibility index (Phi) is 3.99. The number of nitrogens with one attached hydrogen (secondary N) is 1. The van der Waals surface area contributed by atoms with Gasteiger partial charge in [-0.2, -0.15) is 0 Å². The van der Waals surface area contributed by atoms with Crippen LogP contribution in [0.2, 0.25) is 0 Å². The van der Waals surface area contributed by atoms with Crippen molar-refractivity contribution in [3.8, 4) is 0 Å². The average Bonchev–Trinajstić information content (AvgIpc) is 2.39. The lowest BCUT2D eigenvalue weighted by Crippen LogP contribution is -2.33. The number of hydrogen-bond donors (Lipinski definition) is 1. The first-order valence-corrected chi connectivity index (χ1v) is 8.34. The van der Waals surface area contributed by atoms with Gasteiger partial charge in [-0.05, 0) is 25.0 Å². The summed E-state index contributed by atoms with van der Waals surface area (Å²) in [4.78, 5) is 0. The fourth-order valence-electron chi connectivity index (χ4n) is 2.09. The van der Waals surface area contributed by atoms with E-state index in [0.29, 0.717) is 6.61 Å². The number of rotatable bonds is 3. The maximum absolute atomic E-state index is 11.8. The number of benzene rings is 1. The zero-order chi connectivity index (χ0) is 14.1. The maximum Gasteiger partial charge on any atom is 0.156 e. The van der Waals surface area contributed by atoms with E-state index in [1.54, 1.807) is 13.8 Å². The maximum atomic E-state index is 11.8. The van der Waals surface area contributed by atoms with Crippen molar-refractivity contribution in [3.63, 3.8) is 0 Å². The van der Waals surface area contributed by atoms with Crippen LogP contribution >= 0.6 is 0 Å². The van der Waals surface area contributed by atoms with Crippen molar-refractivity contribution in [1.82, 2.24) is 5.32 Å². The average molecular weight is 283 g/mol. The van der Waals surface area contributed by atoms with Crippen molar-refractivity contribution in [2.75, 3.05) is 26.0 Å². The molecule has 0 saturated carbocycles. The summed E-state index contributed by atoms with van der Waals surface area (Å²) in [6.45, 7) is 5.86. The normalized spacial score (nSPS) is 21.3. The summed E-state index contributed by atoms with van der Waals surface area (Å²) in [5.41, 5.74) is 1.89. The first-order valence-electron chi connectivity index (χ1n) is 6.45. The Morgan fingerprint density at radius 2 is 1.89 bits per heavy atom. The summed E-state index contributed by atoms with van der Waals surface area (Å²) in [5.74, 6) is 0. The van der Waals surface area contributed by atoms with Gasteiger partial charge in [-0.25, -0.2) is 8.42 Å². The molecular formula is C14H21NO3S. The van der Waals surface area contributed by atoms with Crippen LogP contribution in [-0.4, -0.2) is 34.4 Å². The third-order valence-electron chi connectivity index (χ3n) is 3.83. The molecule has 5 heteroatoms. The minimum atomic E-state index is -3.14. The molecule has 0 bridgehead atoms. The van der Waals surface area contributed by atoms with Crippen LogP contribution in [-0.2, 0) is 19.3 Å². The lowest BCUT2D eigenvalue weighted by Gasteiger charge is -2.26. The van der Waals surface area contributed by atoms with Gasteiger partial charge < -0.3 is 10.1 Å². The Labute approximate surface area is 115 Å². The van der Waals surface area contributed by atoms with Crippen LogP contribution in [0.25, 0.3) is 0 Å². The Balaban J connectivity index is 2.23. The van der Waals surface area contributed by atoms with Gasteiger partial charge in [-0.15, -0.1) is 0 Å². The molecule has 4 nitrogen and oxygen atoms in total. The van der Waals surface area contributed by atoms with Crippen molar-refractivity contribution in [1.29, 1.82) is 0 Å². The summed E-state index contributed by atoms with van der Waals surface area (Å²) in [6, 6.07) is 7.68. The molecular weight excluding hydrogens is 262 g/mol. The van der Waals surface area contributed by atoms with Gasteiger partial charge in [0, 0.05) is 19.3 Å². The van der Waals surface area contributed by atoms with E-state index < -0.39 is 14.6 Å². The third-order valence-corrected chi connectivity index (χ3v) is 5.92. The summed E-state index contributed by atoms with van der Waals surface area (Å²) < 4.78 is 28.4. The lowest BCUT2D eigenvalue weighted by atomic mass is 9.99. The molecule has 2 rings (SSSR count). The van der Waals surface area contributed by atoms with Crippen LogP contribution in [0.15, 0.2) is 24.3 Å². The number of ether oxygens (including phenoxy) is 1. The van der Waals surface area contributed by atoms with E-state index in [2.05, 4.69) is 5.32 Å². The monoisotopic (exact) mass is 283 g/mol. The van der Waals surface area contributed by atoms with Crippen LogP contribution in [0, 0.1) is 0 Å². The smallest absolute Gasteiger partial charge is 0.156 e. The highest BCUT2D eigenvalue weighted by Gasteiger charge is 2.32.